The molecule has 20 heavy (non-hydrogen) atoms. The SMILES string of the molecule is CC(=O)c1ccc(S(=O)(=O)NCCCCC(=O)O)cc1. The quantitative estimate of drug-likeness (QED) is 0.558. The van der Waals surface area contributed by atoms with Crippen LogP contribution in [0, 0.1) is 0 Å². The number of aliphatic carboxylic acids is 1. The summed E-state index contributed by atoms with van der Waals surface area (Å²) >= 11 is 0. The van der Waals surface area contributed by atoms with Crippen molar-refractivity contribution in [2.24, 2.45) is 0 Å². The molecule has 1 aromatic rings. The third kappa shape index (κ3) is 5.10. The minimum Gasteiger partial charge on any atom is -0.481 e. The molecule has 0 atom stereocenters. The van der Waals surface area contributed by atoms with Crippen LogP contribution in [0.5, 0.6) is 0 Å². The van der Waals surface area contributed by atoms with Crippen LogP contribution in [0.2, 0.25) is 0 Å². The Balaban J connectivity index is 2.56. The van der Waals surface area contributed by atoms with E-state index < -0.39 is 16.0 Å². The Morgan fingerprint density at radius 3 is 2.25 bits per heavy atom. The molecule has 1 aromatic carbocycles. The Labute approximate surface area is 117 Å². The van der Waals surface area contributed by atoms with E-state index in [0.29, 0.717) is 18.4 Å². The summed E-state index contributed by atoms with van der Waals surface area (Å²) in [5, 5.41) is 8.46. The van der Waals surface area contributed by atoms with Crippen molar-refractivity contribution in [3.8, 4) is 0 Å². The predicted octanol–water partition coefficient (Wildman–Crippen LogP) is 1.42. The monoisotopic (exact) mass is 299 g/mol. The number of hydrogen-bond donors (Lipinski definition) is 2. The highest BCUT2D eigenvalue weighted by Crippen LogP contribution is 2.11. The molecule has 0 aliphatic rings. The molecule has 0 aliphatic carbocycles. The lowest BCUT2D eigenvalue weighted by Gasteiger charge is -2.06. The number of Topliss-reactive ketones (excluding diaryl/α,β-unsaturated/α-hetero) is 1. The number of sulfonamides is 1. The molecular formula is C13H17NO5S. The molecule has 6 nitrogen and oxygen atoms in total. The number of ketones is 1. The Morgan fingerprint density at radius 2 is 1.75 bits per heavy atom. The second kappa shape index (κ2) is 7.16. The van der Waals surface area contributed by atoms with E-state index in [1.54, 1.807) is 0 Å². The van der Waals surface area contributed by atoms with Gasteiger partial charge in [0.05, 0.1) is 4.90 Å². The lowest BCUT2D eigenvalue weighted by Crippen LogP contribution is -2.24. The van der Waals surface area contributed by atoms with Gasteiger partial charge in [-0.2, -0.15) is 0 Å². The molecule has 110 valence electrons. The molecule has 0 bridgehead atoms. The van der Waals surface area contributed by atoms with Gasteiger partial charge in [-0.3, -0.25) is 9.59 Å². The maximum atomic E-state index is 11.9. The summed E-state index contributed by atoms with van der Waals surface area (Å²) in [6, 6.07) is 5.66. The zero-order valence-corrected chi connectivity index (χ0v) is 11.9. The van der Waals surface area contributed by atoms with Crippen LogP contribution in [0.4, 0.5) is 0 Å². The first-order chi connectivity index (χ1) is 9.33. The lowest BCUT2D eigenvalue weighted by molar-refractivity contribution is -0.137. The molecule has 2 N–H and O–H groups in total. The van der Waals surface area contributed by atoms with Crippen LogP contribution in [0.15, 0.2) is 29.2 Å². The van der Waals surface area contributed by atoms with Crippen molar-refractivity contribution < 1.29 is 23.1 Å². The number of rotatable bonds is 8. The van der Waals surface area contributed by atoms with Crippen LogP contribution in [-0.2, 0) is 14.8 Å². The Bertz CT molecular complexity index is 577. The lowest BCUT2D eigenvalue weighted by atomic mass is 10.2. The van der Waals surface area contributed by atoms with Gasteiger partial charge >= 0.3 is 5.97 Å². The van der Waals surface area contributed by atoms with Gasteiger partial charge < -0.3 is 5.11 Å². The minimum absolute atomic E-state index is 0.0229. The van der Waals surface area contributed by atoms with Crippen molar-refractivity contribution in [3.63, 3.8) is 0 Å². The fourth-order valence-corrected chi connectivity index (χ4v) is 2.63. The standard InChI is InChI=1S/C13H17NO5S/c1-10(15)11-5-7-12(8-6-11)20(18,19)14-9-3-2-4-13(16)17/h5-8,14H,2-4,9H2,1H3,(H,16,17). The summed E-state index contributed by atoms with van der Waals surface area (Å²) in [6.07, 6.45) is 0.896. The third-order valence-electron chi connectivity index (χ3n) is 2.68. The van der Waals surface area contributed by atoms with E-state index in [0.717, 1.165) is 0 Å². The van der Waals surface area contributed by atoms with Gasteiger partial charge in [0.25, 0.3) is 0 Å². The van der Waals surface area contributed by atoms with Crippen molar-refractivity contribution in [1.29, 1.82) is 0 Å². The van der Waals surface area contributed by atoms with Crippen LogP contribution in [0.1, 0.15) is 36.5 Å². The highest BCUT2D eigenvalue weighted by Gasteiger charge is 2.13. The smallest absolute Gasteiger partial charge is 0.303 e. The number of hydrogen-bond acceptors (Lipinski definition) is 4. The number of carbonyl (C=O) groups excluding carboxylic acids is 1. The molecule has 7 heteroatoms. The Kier molecular flexibility index (Phi) is 5.84. The summed E-state index contributed by atoms with van der Waals surface area (Å²) in [4.78, 5) is 21.5. The van der Waals surface area contributed by atoms with Crippen molar-refractivity contribution in [2.45, 2.75) is 31.1 Å². The second-order valence-corrected chi connectivity index (χ2v) is 6.10. The number of carboxylic acids is 1. The zero-order chi connectivity index (χ0) is 15.2. The van der Waals surface area contributed by atoms with E-state index in [-0.39, 0.29) is 23.6 Å². The second-order valence-electron chi connectivity index (χ2n) is 4.33. The maximum Gasteiger partial charge on any atom is 0.303 e. The van der Waals surface area contributed by atoms with Gasteiger partial charge in [-0.15, -0.1) is 0 Å². The Morgan fingerprint density at radius 1 is 1.15 bits per heavy atom. The largest absolute Gasteiger partial charge is 0.481 e. The molecule has 0 saturated carbocycles. The molecule has 0 aromatic heterocycles. The van der Waals surface area contributed by atoms with Crippen LogP contribution in [0.3, 0.4) is 0 Å². The number of carbonyl (C=O) groups is 2. The summed E-state index contributed by atoms with van der Waals surface area (Å²) < 4.78 is 26.2. The van der Waals surface area contributed by atoms with Gasteiger partial charge in [-0.1, -0.05) is 12.1 Å². The van der Waals surface area contributed by atoms with E-state index in [1.165, 1.54) is 31.2 Å². The first kappa shape index (κ1) is 16.3. The molecular weight excluding hydrogens is 282 g/mol. The van der Waals surface area contributed by atoms with E-state index in [9.17, 15) is 18.0 Å². The summed E-state index contributed by atoms with van der Waals surface area (Å²) in [6.45, 7) is 1.59. The maximum absolute atomic E-state index is 11.9. The van der Waals surface area contributed by atoms with Crippen molar-refractivity contribution >= 4 is 21.8 Å². The molecule has 0 fully saturated rings. The predicted molar refractivity (Wildman–Crippen MR) is 73.1 cm³/mol. The number of nitrogens with one attached hydrogen (secondary N) is 1. The highest BCUT2D eigenvalue weighted by atomic mass is 32.2. The van der Waals surface area contributed by atoms with Gasteiger partial charge in [0, 0.05) is 18.5 Å². The van der Waals surface area contributed by atoms with E-state index in [4.69, 9.17) is 5.11 Å². The molecule has 1 rings (SSSR count). The van der Waals surface area contributed by atoms with E-state index in [1.807, 2.05) is 0 Å². The highest BCUT2D eigenvalue weighted by molar-refractivity contribution is 7.89. The molecule has 0 heterocycles. The third-order valence-corrected chi connectivity index (χ3v) is 4.16. The average Bonchev–Trinajstić information content (AvgIpc) is 2.38. The van der Waals surface area contributed by atoms with Crippen molar-refractivity contribution in [1.82, 2.24) is 4.72 Å². The zero-order valence-electron chi connectivity index (χ0n) is 11.1. The number of carboxylic acid groups (broad SMARTS) is 1. The number of benzene rings is 1. The minimum atomic E-state index is -3.61. The van der Waals surface area contributed by atoms with Crippen molar-refractivity contribution in [3.05, 3.63) is 29.8 Å². The Hall–Kier alpha value is -1.73. The summed E-state index contributed by atoms with van der Waals surface area (Å²) in [5.74, 6) is -1.02. The first-order valence-corrected chi connectivity index (χ1v) is 7.64. The van der Waals surface area contributed by atoms with Gasteiger partial charge in [0.1, 0.15) is 0 Å². The van der Waals surface area contributed by atoms with Crippen LogP contribution < -0.4 is 4.72 Å². The van der Waals surface area contributed by atoms with Crippen LogP contribution in [-0.4, -0.2) is 31.8 Å². The van der Waals surface area contributed by atoms with E-state index >= 15 is 0 Å². The molecule has 0 radical (unpaired) electrons. The van der Waals surface area contributed by atoms with Gasteiger partial charge in [-0.25, -0.2) is 13.1 Å². The fraction of sp³-hybridized carbons (Fsp3) is 0.385. The average molecular weight is 299 g/mol. The molecule has 0 spiro atoms. The van der Waals surface area contributed by atoms with Gasteiger partial charge in [-0.05, 0) is 31.9 Å². The van der Waals surface area contributed by atoms with E-state index in [2.05, 4.69) is 4.72 Å². The van der Waals surface area contributed by atoms with Crippen LogP contribution >= 0.6 is 0 Å². The molecule has 0 aliphatic heterocycles. The summed E-state index contributed by atoms with van der Waals surface area (Å²) in [5.41, 5.74) is 0.449. The number of unbranched alkanes of at least 4 members (excludes halogenated alkanes) is 1. The fourth-order valence-electron chi connectivity index (χ4n) is 1.56. The normalized spacial score (nSPS) is 11.2. The topological polar surface area (TPSA) is 101 Å². The van der Waals surface area contributed by atoms with Crippen LogP contribution in [0.25, 0.3) is 0 Å². The van der Waals surface area contributed by atoms with Crippen molar-refractivity contribution in [2.75, 3.05) is 6.54 Å². The molecule has 0 saturated heterocycles. The summed E-state index contributed by atoms with van der Waals surface area (Å²) in [7, 11) is -3.61. The molecule has 0 amide bonds. The molecule has 0 unspecified atom stereocenters. The van der Waals surface area contributed by atoms with Gasteiger partial charge in [0.2, 0.25) is 10.0 Å². The first-order valence-electron chi connectivity index (χ1n) is 6.15. The van der Waals surface area contributed by atoms with Gasteiger partial charge in [0.15, 0.2) is 5.78 Å².